The summed E-state index contributed by atoms with van der Waals surface area (Å²) in [6.45, 7) is 0.659. The molecule has 0 aliphatic carbocycles. The van der Waals surface area contributed by atoms with E-state index in [4.69, 9.17) is 18.9 Å². The molecule has 186 valence electrons. The van der Waals surface area contributed by atoms with Gasteiger partial charge in [0.05, 0.1) is 10.5 Å². The number of non-ortho nitro benzene ring substituents is 1. The molecule has 0 amide bonds. The molecule has 11 heteroatoms. The molecule has 0 N–H and O–H groups in total. The Balaban J connectivity index is 1.70. The summed E-state index contributed by atoms with van der Waals surface area (Å²) in [6.07, 6.45) is 1.08. The predicted octanol–water partition coefficient (Wildman–Crippen LogP) is 2.79. The van der Waals surface area contributed by atoms with Crippen LogP contribution in [0.25, 0.3) is 6.08 Å². The second-order valence-electron chi connectivity index (χ2n) is 7.46. The third-order valence-corrected chi connectivity index (χ3v) is 4.84. The van der Waals surface area contributed by atoms with Crippen molar-refractivity contribution in [2.45, 2.75) is 25.2 Å². The Labute approximate surface area is 205 Å². The Kier molecular flexibility index (Phi) is 8.65. The second-order valence-corrected chi connectivity index (χ2v) is 7.46. The molecule has 3 atom stereocenters. The van der Waals surface area contributed by atoms with E-state index in [0.717, 1.165) is 19.1 Å². The average Bonchev–Trinajstić information content (AvgIpc) is 2.86. The quantitative estimate of drug-likeness (QED) is 0.167. The molecule has 2 aromatic rings. The number of benzene rings is 2. The summed E-state index contributed by atoms with van der Waals surface area (Å²) in [5, 5.41) is 10.7. The molecule has 0 bridgehead atoms. The number of hydrogen-bond acceptors (Lipinski definition) is 10. The molecule has 3 rings (SSSR count). The molecule has 0 saturated heterocycles. The number of carbonyl (C=O) groups excluding carboxylic acids is 4. The van der Waals surface area contributed by atoms with Crippen molar-refractivity contribution in [1.82, 2.24) is 0 Å². The van der Waals surface area contributed by atoms with Gasteiger partial charge in [-0.15, -0.1) is 0 Å². The van der Waals surface area contributed by atoms with Crippen LogP contribution < -0.4 is 0 Å². The first-order valence-electron chi connectivity index (χ1n) is 10.6. The van der Waals surface area contributed by atoms with Crippen LogP contribution in [0.2, 0.25) is 0 Å². The first-order chi connectivity index (χ1) is 17.2. The van der Waals surface area contributed by atoms with Crippen LogP contribution in [0, 0.1) is 10.1 Å². The SMILES string of the molecule is CC(=O)O[C@H](COC(=O)c1ccccc1)[C@H]1OC(=O)C=C[C@H]1OC(=O)/C=C/c1ccc([N+](=O)[O-])cc1. The van der Waals surface area contributed by atoms with Crippen molar-refractivity contribution in [1.29, 1.82) is 0 Å². The van der Waals surface area contributed by atoms with Gasteiger partial charge < -0.3 is 18.9 Å². The van der Waals surface area contributed by atoms with Gasteiger partial charge in [0.2, 0.25) is 0 Å². The predicted molar refractivity (Wildman–Crippen MR) is 123 cm³/mol. The second kappa shape index (κ2) is 12.1. The van der Waals surface area contributed by atoms with Gasteiger partial charge in [-0.2, -0.15) is 0 Å². The molecule has 1 aliphatic rings. The monoisotopic (exact) mass is 495 g/mol. The standard InChI is InChI=1S/C25H21NO10/c1-16(27)34-21(15-33-25(30)18-5-3-2-4-6-18)24-20(12-14-23(29)36-24)35-22(28)13-9-17-7-10-19(11-8-17)26(31)32/h2-14,20-21,24H,15H2,1H3/b13-9+/t20-,21-,24+/m1/s1. The number of carbonyl (C=O) groups is 4. The van der Waals surface area contributed by atoms with Gasteiger partial charge >= 0.3 is 23.9 Å². The fraction of sp³-hybridized carbons (Fsp3) is 0.200. The van der Waals surface area contributed by atoms with Crippen molar-refractivity contribution in [2.75, 3.05) is 6.61 Å². The zero-order valence-corrected chi connectivity index (χ0v) is 19.0. The van der Waals surface area contributed by atoms with Crippen LogP contribution in [0.15, 0.2) is 72.8 Å². The average molecular weight is 495 g/mol. The van der Waals surface area contributed by atoms with E-state index in [2.05, 4.69) is 0 Å². The number of esters is 4. The highest BCUT2D eigenvalue weighted by molar-refractivity contribution is 5.89. The topological polar surface area (TPSA) is 148 Å². The maximum atomic E-state index is 12.4. The van der Waals surface area contributed by atoms with Gasteiger partial charge in [0.15, 0.2) is 18.3 Å². The number of nitro benzene ring substituents is 1. The lowest BCUT2D eigenvalue weighted by Crippen LogP contribution is -2.48. The molecule has 0 saturated carbocycles. The molecule has 1 heterocycles. The lowest BCUT2D eigenvalue weighted by Gasteiger charge is -2.32. The lowest BCUT2D eigenvalue weighted by molar-refractivity contribution is -0.384. The molecule has 0 unspecified atom stereocenters. The molecule has 0 fully saturated rings. The summed E-state index contributed by atoms with van der Waals surface area (Å²) in [4.78, 5) is 58.4. The maximum Gasteiger partial charge on any atom is 0.338 e. The fourth-order valence-electron chi connectivity index (χ4n) is 3.19. The number of cyclic esters (lactones) is 1. The van der Waals surface area contributed by atoms with Gasteiger partial charge in [-0.25, -0.2) is 14.4 Å². The molecule has 0 aromatic heterocycles. The molecular weight excluding hydrogens is 474 g/mol. The van der Waals surface area contributed by atoms with Crippen LogP contribution in [-0.4, -0.2) is 53.7 Å². The van der Waals surface area contributed by atoms with Crippen LogP contribution in [-0.2, 0) is 33.3 Å². The fourth-order valence-corrected chi connectivity index (χ4v) is 3.19. The van der Waals surface area contributed by atoms with E-state index in [1.54, 1.807) is 18.2 Å². The highest BCUT2D eigenvalue weighted by Crippen LogP contribution is 2.20. The minimum absolute atomic E-state index is 0.101. The molecule has 1 aliphatic heterocycles. The van der Waals surface area contributed by atoms with E-state index in [9.17, 15) is 29.3 Å². The van der Waals surface area contributed by atoms with E-state index in [1.165, 1.54) is 48.6 Å². The number of nitro groups is 1. The number of hydrogen-bond donors (Lipinski definition) is 0. The van der Waals surface area contributed by atoms with Crippen LogP contribution in [0.1, 0.15) is 22.8 Å². The first kappa shape index (κ1) is 25.8. The zero-order valence-electron chi connectivity index (χ0n) is 19.0. The highest BCUT2D eigenvalue weighted by Gasteiger charge is 2.39. The lowest BCUT2D eigenvalue weighted by atomic mass is 10.1. The summed E-state index contributed by atoms with van der Waals surface area (Å²) in [6, 6.07) is 13.6. The minimum Gasteiger partial charge on any atom is -0.458 e. The summed E-state index contributed by atoms with van der Waals surface area (Å²) >= 11 is 0. The maximum absolute atomic E-state index is 12.4. The van der Waals surface area contributed by atoms with E-state index in [0.29, 0.717) is 5.56 Å². The minimum atomic E-state index is -1.29. The van der Waals surface area contributed by atoms with Gasteiger partial charge in [0, 0.05) is 31.2 Å². The molecule has 0 radical (unpaired) electrons. The van der Waals surface area contributed by atoms with Crippen LogP contribution >= 0.6 is 0 Å². The van der Waals surface area contributed by atoms with Crippen molar-refractivity contribution >= 4 is 35.6 Å². The Morgan fingerprint density at radius 1 is 1.11 bits per heavy atom. The molecule has 11 nitrogen and oxygen atoms in total. The van der Waals surface area contributed by atoms with Crippen molar-refractivity contribution < 1.29 is 43.0 Å². The largest absolute Gasteiger partial charge is 0.458 e. The Hall–Kier alpha value is -4.80. The van der Waals surface area contributed by atoms with Gasteiger partial charge in [-0.05, 0) is 42.0 Å². The first-order valence-corrected chi connectivity index (χ1v) is 10.6. The van der Waals surface area contributed by atoms with E-state index in [1.807, 2.05) is 0 Å². The third kappa shape index (κ3) is 7.35. The number of ether oxygens (including phenoxy) is 4. The van der Waals surface area contributed by atoms with Gasteiger partial charge in [-0.1, -0.05) is 18.2 Å². The Morgan fingerprint density at radius 3 is 2.44 bits per heavy atom. The van der Waals surface area contributed by atoms with Crippen LogP contribution in [0.3, 0.4) is 0 Å². The van der Waals surface area contributed by atoms with E-state index >= 15 is 0 Å². The third-order valence-electron chi connectivity index (χ3n) is 4.84. The summed E-state index contributed by atoms with van der Waals surface area (Å²) in [5.41, 5.74) is 0.667. The van der Waals surface area contributed by atoms with Crippen LogP contribution in [0.5, 0.6) is 0 Å². The molecule has 2 aromatic carbocycles. The van der Waals surface area contributed by atoms with Crippen molar-refractivity contribution in [3.8, 4) is 0 Å². The molecule has 0 spiro atoms. The number of nitrogens with zero attached hydrogens (tertiary/aromatic N) is 1. The highest BCUT2D eigenvalue weighted by atomic mass is 16.6. The number of rotatable bonds is 9. The molecule has 36 heavy (non-hydrogen) atoms. The van der Waals surface area contributed by atoms with Gasteiger partial charge in [-0.3, -0.25) is 14.9 Å². The zero-order chi connectivity index (χ0) is 26.1. The summed E-state index contributed by atoms with van der Waals surface area (Å²) < 4.78 is 21.0. The Bertz CT molecular complexity index is 1190. The van der Waals surface area contributed by atoms with Crippen molar-refractivity contribution in [3.05, 3.63) is 94.1 Å². The van der Waals surface area contributed by atoms with E-state index < -0.39 is 53.7 Å². The Morgan fingerprint density at radius 2 is 1.81 bits per heavy atom. The molecular formula is C25H21NO10. The van der Waals surface area contributed by atoms with Gasteiger partial charge in [0.1, 0.15) is 6.61 Å². The normalized spacial score (nSPS) is 17.6. The van der Waals surface area contributed by atoms with Crippen molar-refractivity contribution in [2.24, 2.45) is 0 Å². The van der Waals surface area contributed by atoms with Crippen LogP contribution in [0.4, 0.5) is 5.69 Å². The van der Waals surface area contributed by atoms with E-state index in [-0.39, 0.29) is 11.3 Å². The van der Waals surface area contributed by atoms with Gasteiger partial charge in [0.25, 0.3) is 5.69 Å². The smallest absolute Gasteiger partial charge is 0.338 e. The summed E-state index contributed by atoms with van der Waals surface area (Å²) in [5.74, 6) is -3.01. The summed E-state index contributed by atoms with van der Waals surface area (Å²) in [7, 11) is 0. The van der Waals surface area contributed by atoms with Crippen molar-refractivity contribution in [3.63, 3.8) is 0 Å².